The van der Waals surface area contributed by atoms with Crippen LogP contribution in [-0.4, -0.2) is 17.6 Å². The molecule has 0 saturated carbocycles. The van der Waals surface area contributed by atoms with E-state index in [9.17, 15) is 0 Å². The summed E-state index contributed by atoms with van der Waals surface area (Å²) in [5, 5.41) is 6.67. The summed E-state index contributed by atoms with van der Waals surface area (Å²) in [5.41, 5.74) is 1.21. The molecule has 1 unspecified atom stereocenters. The van der Waals surface area contributed by atoms with Crippen LogP contribution in [0, 0.1) is 6.92 Å². The molecule has 68 valence electrons. The molecule has 0 aliphatic heterocycles. The minimum Gasteiger partial charge on any atom is -0.314 e. The lowest BCUT2D eigenvalue weighted by molar-refractivity contribution is 0.560. The largest absolute Gasteiger partial charge is 0.314 e. The Morgan fingerprint density at radius 3 is 2.92 bits per heavy atom. The fourth-order valence-corrected chi connectivity index (χ4v) is 1.86. The molecule has 12 heavy (non-hydrogen) atoms. The Morgan fingerprint density at radius 2 is 2.42 bits per heavy atom. The quantitative estimate of drug-likeness (QED) is 0.774. The van der Waals surface area contributed by atoms with Crippen LogP contribution in [0.4, 0.5) is 0 Å². The second-order valence-corrected chi connectivity index (χ2v) is 4.08. The second-order valence-electron chi connectivity index (χ2n) is 3.02. The van der Waals surface area contributed by atoms with Crippen molar-refractivity contribution in [1.82, 2.24) is 10.3 Å². The fraction of sp³-hybridized carbons (Fsp3) is 0.667. The van der Waals surface area contributed by atoms with Crippen molar-refractivity contribution in [3.8, 4) is 0 Å². The number of hydrogen-bond acceptors (Lipinski definition) is 3. The van der Waals surface area contributed by atoms with Crippen molar-refractivity contribution in [1.29, 1.82) is 0 Å². The van der Waals surface area contributed by atoms with Gasteiger partial charge in [0.25, 0.3) is 0 Å². The van der Waals surface area contributed by atoms with Gasteiger partial charge in [-0.25, -0.2) is 4.98 Å². The minimum atomic E-state index is 0.538. The molecule has 0 bridgehead atoms. The maximum Gasteiger partial charge on any atom is 0.0897 e. The lowest BCUT2D eigenvalue weighted by atomic mass is 10.2. The highest BCUT2D eigenvalue weighted by molar-refractivity contribution is 7.09. The molecule has 0 aromatic carbocycles. The van der Waals surface area contributed by atoms with E-state index in [1.54, 1.807) is 11.3 Å². The van der Waals surface area contributed by atoms with E-state index in [2.05, 4.69) is 29.5 Å². The average Bonchev–Trinajstić information content (AvgIpc) is 2.36. The molecule has 0 aliphatic rings. The average molecular weight is 184 g/mol. The van der Waals surface area contributed by atoms with Crippen LogP contribution in [0.25, 0.3) is 0 Å². The van der Waals surface area contributed by atoms with Crippen LogP contribution in [0.5, 0.6) is 0 Å². The van der Waals surface area contributed by atoms with Gasteiger partial charge in [0.1, 0.15) is 0 Å². The SMILES string of the molecule is CCNC(C)Cc1csc(C)n1. The van der Waals surface area contributed by atoms with Crippen molar-refractivity contribution in [3.63, 3.8) is 0 Å². The monoisotopic (exact) mass is 184 g/mol. The third-order valence-electron chi connectivity index (χ3n) is 1.73. The molecule has 0 amide bonds. The lowest BCUT2D eigenvalue weighted by Crippen LogP contribution is -2.27. The smallest absolute Gasteiger partial charge is 0.0897 e. The first-order valence-corrected chi connectivity index (χ1v) is 5.24. The molecule has 3 heteroatoms. The van der Waals surface area contributed by atoms with E-state index >= 15 is 0 Å². The fourth-order valence-electron chi connectivity index (χ4n) is 1.24. The summed E-state index contributed by atoms with van der Waals surface area (Å²) < 4.78 is 0. The lowest BCUT2D eigenvalue weighted by Gasteiger charge is -2.09. The molecular formula is C9H16N2S. The van der Waals surface area contributed by atoms with Crippen LogP contribution in [-0.2, 0) is 6.42 Å². The van der Waals surface area contributed by atoms with Crippen LogP contribution < -0.4 is 5.32 Å². The van der Waals surface area contributed by atoms with E-state index in [1.807, 2.05) is 6.92 Å². The maximum absolute atomic E-state index is 4.41. The van der Waals surface area contributed by atoms with Crippen molar-refractivity contribution < 1.29 is 0 Å². The van der Waals surface area contributed by atoms with Crippen molar-refractivity contribution >= 4 is 11.3 Å². The highest BCUT2D eigenvalue weighted by atomic mass is 32.1. The molecule has 1 atom stereocenters. The van der Waals surface area contributed by atoms with Gasteiger partial charge in [-0.05, 0) is 20.4 Å². The van der Waals surface area contributed by atoms with E-state index in [1.165, 1.54) is 5.69 Å². The summed E-state index contributed by atoms with van der Waals surface area (Å²) in [6.07, 6.45) is 1.04. The summed E-state index contributed by atoms with van der Waals surface area (Å²) in [6, 6.07) is 0.538. The molecular weight excluding hydrogens is 168 g/mol. The van der Waals surface area contributed by atoms with E-state index in [0.717, 1.165) is 18.0 Å². The zero-order chi connectivity index (χ0) is 8.97. The van der Waals surface area contributed by atoms with Crippen molar-refractivity contribution in [2.75, 3.05) is 6.54 Å². The zero-order valence-electron chi connectivity index (χ0n) is 7.92. The second kappa shape index (κ2) is 4.58. The van der Waals surface area contributed by atoms with Crippen LogP contribution in [0.15, 0.2) is 5.38 Å². The van der Waals surface area contributed by atoms with E-state index < -0.39 is 0 Å². The van der Waals surface area contributed by atoms with Gasteiger partial charge in [-0.15, -0.1) is 11.3 Å². The normalized spacial score (nSPS) is 13.2. The predicted octanol–water partition coefficient (Wildman–Crippen LogP) is 1.99. The summed E-state index contributed by atoms with van der Waals surface area (Å²) in [7, 11) is 0. The first kappa shape index (κ1) is 9.68. The number of aryl methyl sites for hydroxylation is 1. The van der Waals surface area contributed by atoms with Gasteiger partial charge in [-0.1, -0.05) is 6.92 Å². The summed E-state index contributed by atoms with van der Waals surface area (Å²) in [6.45, 7) is 7.40. The zero-order valence-corrected chi connectivity index (χ0v) is 8.74. The van der Waals surface area contributed by atoms with Crippen LogP contribution in [0.2, 0.25) is 0 Å². The molecule has 1 aromatic rings. The number of nitrogens with zero attached hydrogens (tertiary/aromatic N) is 1. The van der Waals surface area contributed by atoms with Gasteiger partial charge in [0.15, 0.2) is 0 Å². The summed E-state index contributed by atoms with van der Waals surface area (Å²) >= 11 is 1.73. The van der Waals surface area contributed by atoms with Gasteiger partial charge in [0.2, 0.25) is 0 Å². The van der Waals surface area contributed by atoms with Crippen LogP contribution >= 0.6 is 11.3 Å². The standard InChI is InChI=1S/C9H16N2S/c1-4-10-7(2)5-9-6-12-8(3)11-9/h6-7,10H,4-5H2,1-3H3. The number of aromatic nitrogens is 1. The first-order chi connectivity index (χ1) is 5.72. The summed E-state index contributed by atoms with van der Waals surface area (Å²) in [4.78, 5) is 4.41. The Labute approximate surface area is 78.0 Å². The predicted molar refractivity (Wildman–Crippen MR) is 53.7 cm³/mol. The molecule has 2 nitrogen and oxygen atoms in total. The van der Waals surface area contributed by atoms with E-state index in [0.29, 0.717) is 6.04 Å². The molecule has 0 aliphatic carbocycles. The van der Waals surface area contributed by atoms with Gasteiger partial charge in [-0.2, -0.15) is 0 Å². The maximum atomic E-state index is 4.41. The topological polar surface area (TPSA) is 24.9 Å². The van der Waals surface area contributed by atoms with Gasteiger partial charge < -0.3 is 5.32 Å². The van der Waals surface area contributed by atoms with E-state index in [-0.39, 0.29) is 0 Å². The Balaban J connectivity index is 2.41. The number of nitrogens with one attached hydrogen (secondary N) is 1. The Bertz CT molecular complexity index is 232. The number of thiazole rings is 1. The number of likely N-dealkylation sites (N-methyl/N-ethyl adjacent to an activating group) is 1. The molecule has 1 aromatic heterocycles. The highest BCUT2D eigenvalue weighted by Gasteiger charge is 2.03. The Kier molecular flexibility index (Phi) is 3.69. The third-order valence-corrected chi connectivity index (χ3v) is 2.56. The van der Waals surface area contributed by atoms with Gasteiger partial charge >= 0.3 is 0 Å². The number of hydrogen-bond donors (Lipinski definition) is 1. The van der Waals surface area contributed by atoms with Crippen LogP contribution in [0.1, 0.15) is 24.5 Å². The highest BCUT2D eigenvalue weighted by Crippen LogP contribution is 2.09. The van der Waals surface area contributed by atoms with Gasteiger partial charge in [0, 0.05) is 17.8 Å². The molecule has 0 spiro atoms. The Hall–Kier alpha value is -0.410. The van der Waals surface area contributed by atoms with Gasteiger partial charge in [-0.3, -0.25) is 0 Å². The third kappa shape index (κ3) is 2.91. The first-order valence-electron chi connectivity index (χ1n) is 4.36. The van der Waals surface area contributed by atoms with Gasteiger partial charge in [0.05, 0.1) is 10.7 Å². The van der Waals surface area contributed by atoms with Crippen LogP contribution in [0.3, 0.4) is 0 Å². The molecule has 0 fully saturated rings. The minimum absolute atomic E-state index is 0.538. The molecule has 1 rings (SSSR count). The molecule has 0 saturated heterocycles. The van der Waals surface area contributed by atoms with Crippen molar-refractivity contribution in [2.24, 2.45) is 0 Å². The van der Waals surface area contributed by atoms with Crippen molar-refractivity contribution in [3.05, 3.63) is 16.1 Å². The summed E-state index contributed by atoms with van der Waals surface area (Å²) in [5.74, 6) is 0. The number of rotatable bonds is 4. The molecule has 0 radical (unpaired) electrons. The molecule has 1 heterocycles. The van der Waals surface area contributed by atoms with Crippen molar-refractivity contribution in [2.45, 2.75) is 33.2 Å². The van der Waals surface area contributed by atoms with E-state index in [4.69, 9.17) is 0 Å². The Morgan fingerprint density at radius 1 is 1.67 bits per heavy atom. The molecule has 1 N–H and O–H groups in total.